The van der Waals surface area contributed by atoms with Gasteiger partial charge >= 0.3 is 0 Å². The molecule has 1 N–H and O–H groups in total. The van der Waals surface area contributed by atoms with Gasteiger partial charge < -0.3 is 5.32 Å². The van der Waals surface area contributed by atoms with E-state index in [2.05, 4.69) is 10.3 Å². The SMILES string of the molecule is CNC(c1cncc(F)c1)C1CC2CC2C1. The summed E-state index contributed by atoms with van der Waals surface area (Å²) in [6.45, 7) is 0. The molecule has 0 spiro atoms. The summed E-state index contributed by atoms with van der Waals surface area (Å²) in [5.74, 6) is 2.35. The van der Waals surface area contributed by atoms with Gasteiger partial charge in [0.2, 0.25) is 0 Å². The van der Waals surface area contributed by atoms with Crippen LogP contribution in [0.2, 0.25) is 0 Å². The maximum Gasteiger partial charge on any atom is 0.141 e. The second-order valence-electron chi connectivity index (χ2n) is 5.19. The van der Waals surface area contributed by atoms with Gasteiger partial charge in [-0.1, -0.05) is 0 Å². The smallest absolute Gasteiger partial charge is 0.141 e. The molecule has 2 aliphatic carbocycles. The summed E-state index contributed by atoms with van der Waals surface area (Å²) in [7, 11) is 1.96. The molecule has 0 amide bonds. The first-order chi connectivity index (χ1) is 7.78. The molecule has 0 aliphatic heterocycles. The number of nitrogens with one attached hydrogen (secondary N) is 1. The van der Waals surface area contributed by atoms with Crippen molar-refractivity contribution in [1.82, 2.24) is 10.3 Å². The highest BCUT2D eigenvalue weighted by molar-refractivity contribution is 5.17. The zero-order valence-electron chi connectivity index (χ0n) is 9.49. The molecule has 1 aromatic rings. The average molecular weight is 220 g/mol. The predicted octanol–water partition coefficient (Wildman–Crippen LogP) is 2.53. The van der Waals surface area contributed by atoms with Crippen molar-refractivity contribution in [2.45, 2.75) is 25.3 Å². The molecule has 0 bridgehead atoms. The van der Waals surface area contributed by atoms with Gasteiger partial charge in [0.1, 0.15) is 5.82 Å². The lowest BCUT2D eigenvalue weighted by molar-refractivity contribution is 0.358. The lowest BCUT2D eigenvalue weighted by Gasteiger charge is -2.24. The van der Waals surface area contributed by atoms with E-state index in [1.165, 1.54) is 25.5 Å². The van der Waals surface area contributed by atoms with Crippen molar-refractivity contribution in [3.63, 3.8) is 0 Å². The number of rotatable bonds is 3. The van der Waals surface area contributed by atoms with E-state index in [1.807, 2.05) is 7.05 Å². The standard InChI is InChI=1S/C13H17FN2/c1-15-13(10-3-8-2-9(8)4-10)11-5-12(14)7-16-6-11/h5-10,13,15H,2-4H2,1H3. The summed E-state index contributed by atoms with van der Waals surface area (Å²) in [4.78, 5) is 3.94. The molecule has 3 atom stereocenters. The average Bonchev–Trinajstić information content (AvgIpc) is 2.88. The van der Waals surface area contributed by atoms with Crippen molar-refractivity contribution in [2.75, 3.05) is 7.05 Å². The molecule has 1 heterocycles. The first-order valence-corrected chi connectivity index (χ1v) is 6.05. The van der Waals surface area contributed by atoms with Crippen LogP contribution < -0.4 is 5.32 Å². The van der Waals surface area contributed by atoms with Gasteiger partial charge in [-0.3, -0.25) is 4.98 Å². The fourth-order valence-corrected chi connectivity index (χ4v) is 3.31. The molecule has 1 aromatic heterocycles. The van der Waals surface area contributed by atoms with Crippen LogP contribution in [0.15, 0.2) is 18.5 Å². The molecule has 86 valence electrons. The van der Waals surface area contributed by atoms with E-state index in [0.717, 1.165) is 17.4 Å². The van der Waals surface area contributed by atoms with Gasteiger partial charge in [-0.25, -0.2) is 4.39 Å². The van der Waals surface area contributed by atoms with Crippen molar-refractivity contribution in [3.05, 3.63) is 29.8 Å². The van der Waals surface area contributed by atoms with E-state index in [9.17, 15) is 4.39 Å². The molecule has 2 fully saturated rings. The van der Waals surface area contributed by atoms with Gasteiger partial charge in [-0.05, 0) is 55.7 Å². The highest BCUT2D eigenvalue weighted by atomic mass is 19.1. The lowest BCUT2D eigenvalue weighted by atomic mass is 9.90. The Kier molecular flexibility index (Phi) is 2.43. The van der Waals surface area contributed by atoms with Crippen molar-refractivity contribution >= 4 is 0 Å². The summed E-state index contributed by atoms with van der Waals surface area (Å²) >= 11 is 0. The molecule has 0 radical (unpaired) electrons. The normalized spacial score (nSPS) is 33.5. The van der Waals surface area contributed by atoms with Crippen LogP contribution in [0.3, 0.4) is 0 Å². The highest BCUT2D eigenvalue weighted by Crippen LogP contribution is 2.57. The first-order valence-electron chi connectivity index (χ1n) is 6.05. The molecule has 0 aromatic carbocycles. The zero-order chi connectivity index (χ0) is 11.1. The molecule has 0 saturated heterocycles. The Morgan fingerprint density at radius 3 is 2.69 bits per heavy atom. The number of aromatic nitrogens is 1. The summed E-state index contributed by atoms with van der Waals surface area (Å²) in [6.07, 6.45) is 7.07. The molecule has 2 saturated carbocycles. The minimum atomic E-state index is -0.235. The van der Waals surface area contributed by atoms with Gasteiger partial charge in [0, 0.05) is 12.2 Å². The maximum atomic E-state index is 13.1. The highest BCUT2D eigenvalue weighted by Gasteiger charge is 2.47. The van der Waals surface area contributed by atoms with E-state index in [1.54, 1.807) is 12.3 Å². The third kappa shape index (κ3) is 1.73. The fourth-order valence-electron chi connectivity index (χ4n) is 3.31. The van der Waals surface area contributed by atoms with Crippen LogP contribution >= 0.6 is 0 Å². The molecule has 3 heteroatoms. The van der Waals surface area contributed by atoms with Crippen LogP contribution in [0.25, 0.3) is 0 Å². The number of halogens is 1. The van der Waals surface area contributed by atoms with E-state index in [0.29, 0.717) is 5.92 Å². The predicted molar refractivity (Wildman–Crippen MR) is 60.3 cm³/mol. The molecule has 3 rings (SSSR count). The second kappa shape index (κ2) is 3.81. The van der Waals surface area contributed by atoms with Gasteiger partial charge in [0.25, 0.3) is 0 Å². The Morgan fingerprint density at radius 1 is 1.31 bits per heavy atom. The number of nitrogens with zero attached hydrogens (tertiary/aromatic N) is 1. The van der Waals surface area contributed by atoms with Gasteiger partial charge in [0.15, 0.2) is 0 Å². The van der Waals surface area contributed by atoms with Crippen LogP contribution in [0.5, 0.6) is 0 Å². The summed E-state index contributed by atoms with van der Waals surface area (Å²) in [5, 5.41) is 3.32. The number of pyridine rings is 1. The zero-order valence-corrected chi connectivity index (χ0v) is 9.49. The molecule has 2 aliphatic rings. The van der Waals surface area contributed by atoms with Crippen LogP contribution in [-0.2, 0) is 0 Å². The minimum absolute atomic E-state index is 0.235. The number of hydrogen-bond acceptors (Lipinski definition) is 2. The Bertz CT molecular complexity index is 383. The Balaban J connectivity index is 1.79. The fraction of sp³-hybridized carbons (Fsp3) is 0.615. The van der Waals surface area contributed by atoms with Gasteiger partial charge in [0.05, 0.1) is 6.20 Å². The van der Waals surface area contributed by atoms with Crippen LogP contribution in [0.4, 0.5) is 4.39 Å². The van der Waals surface area contributed by atoms with E-state index in [-0.39, 0.29) is 11.9 Å². The summed E-state index contributed by atoms with van der Waals surface area (Å²) in [5.41, 5.74) is 0.994. The van der Waals surface area contributed by atoms with Crippen molar-refractivity contribution in [3.8, 4) is 0 Å². The summed E-state index contributed by atoms with van der Waals surface area (Å²) in [6, 6.07) is 1.88. The lowest BCUT2D eigenvalue weighted by Crippen LogP contribution is -2.24. The quantitative estimate of drug-likeness (QED) is 0.846. The third-order valence-corrected chi connectivity index (χ3v) is 4.15. The maximum absolute atomic E-state index is 13.1. The Labute approximate surface area is 95.3 Å². The Hall–Kier alpha value is -0.960. The van der Waals surface area contributed by atoms with Crippen molar-refractivity contribution in [1.29, 1.82) is 0 Å². The van der Waals surface area contributed by atoms with Gasteiger partial charge in [-0.2, -0.15) is 0 Å². The molecule has 16 heavy (non-hydrogen) atoms. The topological polar surface area (TPSA) is 24.9 Å². The third-order valence-electron chi connectivity index (χ3n) is 4.15. The number of hydrogen-bond donors (Lipinski definition) is 1. The van der Waals surface area contributed by atoms with Crippen LogP contribution in [0, 0.1) is 23.6 Å². The molecule has 2 nitrogen and oxygen atoms in total. The molecular weight excluding hydrogens is 203 g/mol. The van der Waals surface area contributed by atoms with Gasteiger partial charge in [-0.15, -0.1) is 0 Å². The molecular formula is C13H17FN2. The largest absolute Gasteiger partial charge is 0.313 e. The van der Waals surface area contributed by atoms with Crippen molar-refractivity contribution < 1.29 is 4.39 Å². The second-order valence-corrected chi connectivity index (χ2v) is 5.19. The molecule has 3 unspecified atom stereocenters. The Morgan fingerprint density at radius 2 is 2.06 bits per heavy atom. The van der Waals surface area contributed by atoms with E-state index in [4.69, 9.17) is 0 Å². The van der Waals surface area contributed by atoms with Crippen LogP contribution in [0.1, 0.15) is 30.9 Å². The van der Waals surface area contributed by atoms with E-state index < -0.39 is 0 Å². The van der Waals surface area contributed by atoms with Crippen molar-refractivity contribution in [2.24, 2.45) is 17.8 Å². The van der Waals surface area contributed by atoms with Crippen LogP contribution in [-0.4, -0.2) is 12.0 Å². The van der Waals surface area contributed by atoms with E-state index >= 15 is 0 Å². The summed E-state index contributed by atoms with van der Waals surface area (Å²) < 4.78 is 13.1. The monoisotopic (exact) mass is 220 g/mol. The minimum Gasteiger partial charge on any atom is -0.313 e. The first kappa shape index (κ1) is 10.2. The number of fused-ring (bicyclic) bond motifs is 1.